The SMILES string of the molecule is CCOc1cccc(NC(=O)CN(c2ccccc2C(C)C)S(C)(=O)=O)c1. The molecule has 0 aliphatic carbocycles. The molecule has 1 amide bonds. The van der Waals surface area contributed by atoms with Crippen molar-refractivity contribution in [2.75, 3.05) is 29.0 Å². The average molecular weight is 391 g/mol. The molecular weight excluding hydrogens is 364 g/mol. The summed E-state index contributed by atoms with van der Waals surface area (Å²) >= 11 is 0. The normalized spacial score (nSPS) is 11.3. The average Bonchev–Trinajstić information content (AvgIpc) is 2.59. The number of carbonyl (C=O) groups excluding carboxylic acids is 1. The van der Waals surface area contributed by atoms with Gasteiger partial charge in [0.2, 0.25) is 15.9 Å². The van der Waals surface area contributed by atoms with E-state index in [9.17, 15) is 13.2 Å². The van der Waals surface area contributed by atoms with E-state index in [0.717, 1.165) is 16.1 Å². The van der Waals surface area contributed by atoms with Crippen LogP contribution in [0, 0.1) is 0 Å². The van der Waals surface area contributed by atoms with Crippen LogP contribution in [0.15, 0.2) is 48.5 Å². The number of para-hydroxylation sites is 1. The zero-order chi connectivity index (χ0) is 20.0. The molecule has 0 saturated carbocycles. The Morgan fingerprint density at radius 1 is 1.15 bits per heavy atom. The highest BCUT2D eigenvalue weighted by Gasteiger charge is 2.24. The second kappa shape index (κ2) is 8.90. The van der Waals surface area contributed by atoms with Gasteiger partial charge in [-0.1, -0.05) is 38.1 Å². The molecule has 0 fully saturated rings. The summed E-state index contributed by atoms with van der Waals surface area (Å²) in [6.07, 6.45) is 1.10. The van der Waals surface area contributed by atoms with Crippen LogP contribution in [-0.2, 0) is 14.8 Å². The number of hydrogen-bond donors (Lipinski definition) is 1. The Labute approximate surface area is 161 Å². The van der Waals surface area contributed by atoms with Crippen molar-refractivity contribution in [1.29, 1.82) is 0 Å². The van der Waals surface area contributed by atoms with Crippen LogP contribution in [0.1, 0.15) is 32.3 Å². The quantitative estimate of drug-likeness (QED) is 0.747. The van der Waals surface area contributed by atoms with Crippen molar-refractivity contribution < 1.29 is 17.9 Å². The molecule has 0 aliphatic rings. The largest absolute Gasteiger partial charge is 0.494 e. The first-order chi connectivity index (χ1) is 12.7. The third-order valence-corrected chi connectivity index (χ3v) is 5.07. The van der Waals surface area contributed by atoms with E-state index < -0.39 is 15.9 Å². The van der Waals surface area contributed by atoms with E-state index in [1.54, 1.807) is 36.4 Å². The van der Waals surface area contributed by atoms with E-state index in [-0.39, 0.29) is 12.5 Å². The molecule has 0 saturated heterocycles. The predicted octanol–water partition coefficient (Wildman–Crippen LogP) is 3.61. The molecule has 6 nitrogen and oxygen atoms in total. The van der Waals surface area contributed by atoms with Gasteiger partial charge in [-0.05, 0) is 36.6 Å². The van der Waals surface area contributed by atoms with Crippen LogP contribution in [0.2, 0.25) is 0 Å². The predicted molar refractivity (Wildman–Crippen MR) is 109 cm³/mol. The van der Waals surface area contributed by atoms with Gasteiger partial charge in [-0.2, -0.15) is 0 Å². The highest BCUT2D eigenvalue weighted by Crippen LogP contribution is 2.29. The van der Waals surface area contributed by atoms with Crippen LogP contribution in [-0.4, -0.2) is 33.7 Å². The first-order valence-electron chi connectivity index (χ1n) is 8.81. The van der Waals surface area contributed by atoms with E-state index in [1.807, 2.05) is 32.9 Å². The van der Waals surface area contributed by atoms with Crippen LogP contribution >= 0.6 is 0 Å². The highest BCUT2D eigenvalue weighted by atomic mass is 32.2. The van der Waals surface area contributed by atoms with E-state index >= 15 is 0 Å². The molecule has 0 atom stereocenters. The van der Waals surface area contributed by atoms with E-state index in [2.05, 4.69) is 5.32 Å². The van der Waals surface area contributed by atoms with Gasteiger partial charge in [-0.3, -0.25) is 9.10 Å². The Kier molecular flexibility index (Phi) is 6.85. The number of anilines is 2. The standard InChI is InChI=1S/C20H26N2O4S/c1-5-26-17-10-8-9-16(13-17)21-20(23)14-22(27(4,24)25)19-12-7-6-11-18(19)15(2)3/h6-13,15H,5,14H2,1-4H3,(H,21,23). The molecular formula is C20H26N2O4S. The fourth-order valence-corrected chi connectivity index (χ4v) is 3.62. The Morgan fingerprint density at radius 3 is 2.48 bits per heavy atom. The molecule has 2 aromatic carbocycles. The topological polar surface area (TPSA) is 75.7 Å². The molecule has 0 bridgehead atoms. The summed E-state index contributed by atoms with van der Waals surface area (Å²) in [5, 5.41) is 2.74. The maximum atomic E-state index is 12.5. The number of ether oxygens (including phenoxy) is 1. The van der Waals surface area contributed by atoms with Crippen LogP contribution in [0.25, 0.3) is 0 Å². The fraction of sp³-hybridized carbons (Fsp3) is 0.350. The number of sulfonamides is 1. The zero-order valence-electron chi connectivity index (χ0n) is 16.1. The lowest BCUT2D eigenvalue weighted by atomic mass is 10.0. The lowest BCUT2D eigenvalue weighted by Gasteiger charge is -2.25. The highest BCUT2D eigenvalue weighted by molar-refractivity contribution is 7.92. The van der Waals surface area contributed by atoms with Gasteiger partial charge in [0.15, 0.2) is 0 Å². The summed E-state index contributed by atoms with van der Waals surface area (Å²) in [6.45, 7) is 6.06. The molecule has 27 heavy (non-hydrogen) atoms. The molecule has 1 N–H and O–H groups in total. The van der Waals surface area contributed by atoms with Crippen LogP contribution in [0.3, 0.4) is 0 Å². The molecule has 0 spiro atoms. The van der Waals surface area contributed by atoms with E-state index in [0.29, 0.717) is 23.7 Å². The van der Waals surface area contributed by atoms with Gasteiger partial charge in [0.25, 0.3) is 0 Å². The smallest absolute Gasteiger partial charge is 0.245 e. The fourth-order valence-electron chi connectivity index (χ4n) is 2.75. The number of nitrogens with one attached hydrogen (secondary N) is 1. The van der Waals surface area contributed by atoms with Crippen molar-refractivity contribution >= 4 is 27.3 Å². The summed E-state index contributed by atoms with van der Waals surface area (Å²) in [5.41, 5.74) is 1.94. The lowest BCUT2D eigenvalue weighted by molar-refractivity contribution is -0.114. The van der Waals surface area contributed by atoms with Gasteiger partial charge in [0.05, 0.1) is 18.6 Å². The van der Waals surface area contributed by atoms with Gasteiger partial charge in [-0.25, -0.2) is 8.42 Å². The minimum atomic E-state index is -3.63. The minimum Gasteiger partial charge on any atom is -0.494 e. The molecule has 2 rings (SSSR count). The van der Waals surface area contributed by atoms with E-state index in [4.69, 9.17) is 4.74 Å². The Hall–Kier alpha value is -2.54. The maximum absolute atomic E-state index is 12.5. The zero-order valence-corrected chi connectivity index (χ0v) is 16.9. The van der Waals surface area contributed by atoms with Gasteiger partial charge in [0, 0.05) is 11.8 Å². The monoisotopic (exact) mass is 390 g/mol. The van der Waals surface area contributed by atoms with Crippen molar-refractivity contribution in [3.8, 4) is 5.75 Å². The Morgan fingerprint density at radius 2 is 1.85 bits per heavy atom. The summed E-state index contributed by atoms with van der Waals surface area (Å²) in [4.78, 5) is 12.5. The van der Waals surface area contributed by atoms with Crippen molar-refractivity contribution in [1.82, 2.24) is 0 Å². The number of rotatable bonds is 8. The third-order valence-electron chi connectivity index (χ3n) is 3.94. The summed E-state index contributed by atoms with van der Waals surface area (Å²) in [5.74, 6) is 0.337. The second-order valence-corrected chi connectivity index (χ2v) is 8.40. The third kappa shape index (κ3) is 5.72. The summed E-state index contributed by atoms with van der Waals surface area (Å²) in [6, 6.07) is 14.2. The first-order valence-corrected chi connectivity index (χ1v) is 10.7. The Bertz CT molecular complexity index is 894. The number of benzene rings is 2. The number of hydrogen-bond acceptors (Lipinski definition) is 4. The second-order valence-electron chi connectivity index (χ2n) is 6.49. The van der Waals surface area contributed by atoms with Crippen molar-refractivity contribution in [3.63, 3.8) is 0 Å². The molecule has 0 heterocycles. The molecule has 2 aromatic rings. The summed E-state index contributed by atoms with van der Waals surface area (Å²) in [7, 11) is -3.63. The molecule has 0 radical (unpaired) electrons. The number of carbonyl (C=O) groups is 1. The van der Waals surface area contributed by atoms with Gasteiger partial charge in [-0.15, -0.1) is 0 Å². The Balaban J connectivity index is 2.25. The molecule has 0 aromatic heterocycles. The van der Waals surface area contributed by atoms with Crippen molar-refractivity contribution in [2.24, 2.45) is 0 Å². The minimum absolute atomic E-state index is 0.122. The number of amides is 1. The van der Waals surface area contributed by atoms with Gasteiger partial charge in [0.1, 0.15) is 12.3 Å². The molecule has 0 aliphatic heterocycles. The maximum Gasteiger partial charge on any atom is 0.245 e. The van der Waals surface area contributed by atoms with Gasteiger partial charge >= 0.3 is 0 Å². The van der Waals surface area contributed by atoms with E-state index in [1.165, 1.54) is 0 Å². The molecule has 7 heteroatoms. The first kappa shape index (κ1) is 20.8. The molecule has 146 valence electrons. The van der Waals surface area contributed by atoms with Gasteiger partial charge < -0.3 is 10.1 Å². The van der Waals surface area contributed by atoms with Crippen LogP contribution in [0.4, 0.5) is 11.4 Å². The van der Waals surface area contributed by atoms with Crippen LogP contribution in [0.5, 0.6) is 5.75 Å². The van der Waals surface area contributed by atoms with Crippen molar-refractivity contribution in [3.05, 3.63) is 54.1 Å². The van der Waals surface area contributed by atoms with Crippen molar-refractivity contribution in [2.45, 2.75) is 26.7 Å². The lowest BCUT2D eigenvalue weighted by Crippen LogP contribution is -2.38. The summed E-state index contributed by atoms with van der Waals surface area (Å²) < 4.78 is 31.3. The molecule has 0 unspecified atom stereocenters. The number of nitrogens with zero attached hydrogens (tertiary/aromatic N) is 1. The van der Waals surface area contributed by atoms with Crippen LogP contribution < -0.4 is 14.4 Å².